The van der Waals surface area contributed by atoms with Crippen LogP contribution in [0.1, 0.15) is 62.0 Å². The molecule has 4 rings (SSSR count). The highest BCUT2D eigenvalue weighted by molar-refractivity contribution is 5.66. The summed E-state index contributed by atoms with van der Waals surface area (Å²) in [6.45, 7) is 2.01. The Morgan fingerprint density at radius 3 is 2.26 bits per heavy atom. The van der Waals surface area contributed by atoms with E-state index < -0.39 is 23.7 Å². The van der Waals surface area contributed by atoms with Gasteiger partial charge in [0.2, 0.25) is 5.60 Å². The van der Waals surface area contributed by atoms with Gasteiger partial charge in [-0.1, -0.05) is 61.7 Å². The average molecular weight is 476 g/mol. The molecule has 2 aliphatic rings. The van der Waals surface area contributed by atoms with Crippen molar-refractivity contribution in [2.75, 3.05) is 19.6 Å². The minimum atomic E-state index is -4.58. The van der Waals surface area contributed by atoms with Gasteiger partial charge in [0.25, 0.3) is 0 Å². The molecule has 1 aliphatic heterocycles. The van der Waals surface area contributed by atoms with E-state index in [1.807, 2.05) is 0 Å². The second-order valence-electron chi connectivity index (χ2n) is 9.54. The molecule has 2 atom stereocenters. The molecule has 7 heteroatoms. The van der Waals surface area contributed by atoms with Crippen LogP contribution in [0.25, 0.3) is 0 Å². The van der Waals surface area contributed by atoms with Gasteiger partial charge in [-0.2, -0.15) is 13.2 Å². The van der Waals surface area contributed by atoms with Gasteiger partial charge in [-0.3, -0.25) is 4.79 Å². The van der Waals surface area contributed by atoms with Crippen LogP contribution in [-0.4, -0.2) is 41.8 Å². The largest absolute Gasteiger partial charge is 0.481 e. The van der Waals surface area contributed by atoms with Gasteiger partial charge in [-0.05, 0) is 49.4 Å². The summed E-state index contributed by atoms with van der Waals surface area (Å²) >= 11 is 0. The number of halogens is 3. The molecule has 4 nitrogen and oxygen atoms in total. The number of alkyl halides is 3. The number of nitrogens with zero attached hydrogens (tertiary/aromatic N) is 1. The standard InChI is InChI=1S/C27H32F3NO3/c28-27(29,30)26(22-7-3-1-4-8-22,34-24-9-5-2-6-10-24)23-13-11-20(12-14-23)21-15-17-31(19-21)18-16-25(32)33/h2,5-6,9-14,21-22H,1,3-4,7-8,15-19H2,(H,32,33). The maximum atomic E-state index is 15.0. The molecule has 0 radical (unpaired) electrons. The second kappa shape index (κ2) is 10.4. The Bertz CT molecular complexity index is 942. The number of hydrogen-bond donors (Lipinski definition) is 1. The Morgan fingerprint density at radius 1 is 0.971 bits per heavy atom. The van der Waals surface area contributed by atoms with Crippen LogP contribution < -0.4 is 4.74 Å². The summed E-state index contributed by atoms with van der Waals surface area (Å²) in [7, 11) is 0. The van der Waals surface area contributed by atoms with Gasteiger partial charge in [0, 0.05) is 24.6 Å². The molecule has 0 bridgehead atoms. The number of benzene rings is 2. The van der Waals surface area contributed by atoms with E-state index in [-0.39, 0.29) is 23.7 Å². The third-order valence-corrected chi connectivity index (χ3v) is 7.35. The minimum absolute atomic E-state index is 0.0952. The molecule has 0 amide bonds. The summed E-state index contributed by atoms with van der Waals surface area (Å²) in [5, 5.41) is 8.91. The number of para-hydroxylation sites is 1. The predicted molar refractivity (Wildman–Crippen MR) is 124 cm³/mol. The molecule has 2 aromatic carbocycles. The number of likely N-dealkylation sites (tertiary alicyclic amines) is 1. The van der Waals surface area contributed by atoms with Gasteiger partial charge in [-0.25, -0.2) is 0 Å². The molecule has 2 fully saturated rings. The second-order valence-corrected chi connectivity index (χ2v) is 9.54. The first-order valence-electron chi connectivity index (χ1n) is 12.1. The van der Waals surface area contributed by atoms with Gasteiger partial charge < -0.3 is 14.7 Å². The molecule has 1 heterocycles. The van der Waals surface area contributed by atoms with Crippen molar-refractivity contribution < 1.29 is 27.8 Å². The van der Waals surface area contributed by atoms with Crippen LogP contribution in [0.2, 0.25) is 0 Å². The van der Waals surface area contributed by atoms with Gasteiger partial charge in [0.1, 0.15) is 5.75 Å². The van der Waals surface area contributed by atoms with Crippen molar-refractivity contribution in [2.24, 2.45) is 5.92 Å². The van der Waals surface area contributed by atoms with Crippen LogP contribution in [0.5, 0.6) is 5.75 Å². The van der Waals surface area contributed by atoms with Crippen molar-refractivity contribution in [1.82, 2.24) is 4.90 Å². The first-order chi connectivity index (χ1) is 16.3. The van der Waals surface area contributed by atoms with E-state index in [0.29, 0.717) is 19.4 Å². The summed E-state index contributed by atoms with van der Waals surface area (Å²) in [6.07, 6.45) is -0.156. The highest BCUT2D eigenvalue weighted by atomic mass is 19.4. The van der Waals surface area contributed by atoms with E-state index in [9.17, 15) is 18.0 Å². The Hall–Kier alpha value is -2.54. The third-order valence-electron chi connectivity index (χ3n) is 7.35. The summed E-state index contributed by atoms with van der Waals surface area (Å²) < 4.78 is 50.8. The number of rotatable bonds is 8. The number of hydrogen-bond acceptors (Lipinski definition) is 3. The number of carbonyl (C=O) groups is 1. The van der Waals surface area contributed by atoms with E-state index >= 15 is 0 Å². The number of carboxylic acid groups (broad SMARTS) is 1. The van der Waals surface area contributed by atoms with E-state index in [4.69, 9.17) is 9.84 Å². The summed E-state index contributed by atoms with van der Waals surface area (Å²) in [4.78, 5) is 13.0. The van der Waals surface area contributed by atoms with Crippen LogP contribution in [0.15, 0.2) is 54.6 Å². The SMILES string of the molecule is O=C(O)CCN1CCC(c2ccc(C(Oc3ccccc3)(C3CCCCC3)C(F)(F)F)cc2)C1. The van der Waals surface area contributed by atoms with E-state index in [1.165, 1.54) is 0 Å². The molecule has 1 aliphatic carbocycles. The van der Waals surface area contributed by atoms with E-state index in [2.05, 4.69) is 4.90 Å². The highest BCUT2D eigenvalue weighted by Crippen LogP contribution is 2.52. The van der Waals surface area contributed by atoms with Crippen molar-refractivity contribution in [2.45, 2.75) is 62.6 Å². The van der Waals surface area contributed by atoms with Gasteiger partial charge in [-0.15, -0.1) is 0 Å². The van der Waals surface area contributed by atoms with Crippen LogP contribution in [-0.2, 0) is 10.4 Å². The first-order valence-corrected chi connectivity index (χ1v) is 12.1. The predicted octanol–water partition coefficient (Wildman–Crippen LogP) is 6.37. The monoisotopic (exact) mass is 475 g/mol. The van der Waals surface area contributed by atoms with Crippen molar-refractivity contribution in [3.8, 4) is 5.75 Å². The maximum Gasteiger partial charge on any atom is 0.432 e. The van der Waals surface area contributed by atoms with Crippen molar-refractivity contribution in [3.05, 3.63) is 65.7 Å². The summed E-state index contributed by atoms with van der Waals surface area (Å²) in [5.74, 6) is -1.06. The molecule has 1 saturated heterocycles. The fraction of sp³-hybridized carbons (Fsp3) is 0.519. The lowest BCUT2D eigenvalue weighted by molar-refractivity contribution is -0.278. The normalized spacial score (nSPS) is 21.8. The molecule has 0 spiro atoms. The smallest absolute Gasteiger partial charge is 0.432 e. The van der Waals surface area contributed by atoms with Gasteiger partial charge >= 0.3 is 12.1 Å². The Labute approximate surface area is 198 Å². The first kappa shape index (κ1) is 24.6. The molecule has 0 aromatic heterocycles. The average Bonchev–Trinajstić information content (AvgIpc) is 3.31. The van der Waals surface area contributed by atoms with Crippen molar-refractivity contribution >= 4 is 5.97 Å². The molecule has 34 heavy (non-hydrogen) atoms. The Kier molecular flexibility index (Phi) is 7.51. The quantitative estimate of drug-likeness (QED) is 0.482. The zero-order valence-corrected chi connectivity index (χ0v) is 19.3. The zero-order valence-electron chi connectivity index (χ0n) is 19.3. The minimum Gasteiger partial charge on any atom is -0.481 e. The topological polar surface area (TPSA) is 49.8 Å². The van der Waals surface area contributed by atoms with Gasteiger partial charge in [0.05, 0.1) is 6.42 Å². The summed E-state index contributed by atoms with van der Waals surface area (Å²) in [6, 6.07) is 15.1. The molecule has 2 unspecified atom stereocenters. The van der Waals surface area contributed by atoms with Crippen LogP contribution in [0.4, 0.5) is 13.2 Å². The fourth-order valence-electron chi connectivity index (χ4n) is 5.58. The Balaban J connectivity index is 1.63. The summed E-state index contributed by atoms with van der Waals surface area (Å²) in [5.41, 5.74) is -1.25. The number of ether oxygens (including phenoxy) is 1. The third kappa shape index (κ3) is 5.24. The molecular formula is C27H32F3NO3. The highest BCUT2D eigenvalue weighted by Gasteiger charge is 2.62. The molecule has 184 valence electrons. The van der Waals surface area contributed by atoms with Crippen LogP contribution in [0.3, 0.4) is 0 Å². The number of aliphatic carboxylic acids is 1. The lowest BCUT2D eigenvalue weighted by Crippen LogP contribution is -2.53. The lowest BCUT2D eigenvalue weighted by Gasteiger charge is -2.44. The molecule has 1 N–H and O–H groups in total. The van der Waals surface area contributed by atoms with Crippen LogP contribution >= 0.6 is 0 Å². The van der Waals surface area contributed by atoms with E-state index in [1.54, 1.807) is 54.6 Å². The maximum absolute atomic E-state index is 15.0. The number of carboxylic acids is 1. The van der Waals surface area contributed by atoms with Crippen molar-refractivity contribution in [3.63, 3.8) is 0 Å². The molecule has 2 aromatic rings. The fourth-order valence-corrected chi connectivity index (χ4v) is 5.58. The Morgan fingerprint density at radius 2 is 1.65 bits per heavy atom. The van der Waals surface area contributed by atoms with Crippen molar-refractivity contribution in [1.29, 1.82) is 0 Å². The lowest BCUT2D eigenvalue weighted by atomic mass is 9.72. The molecule has 1 saturated carbocycles. The van der Waals surface area contributed by atoms with Gasteiger partial charge in [0.15, 0.2) is 0 Å². The van der Waals surface area contributed by atoms with Crippen LogP contribution in [0, 0.1) is 5.92 Å². The molecular weight excluding hydrogens is 443 g/mol. The van der Waals surface area contributed by atoms with E-state index in [0.717, 1.165) is 44.3 Å². The zero-order chi connectivity index (χ0) is 24.2.